The van der Waals surface area contributed by atoms with Gasteiger partial charge in [-0.2, -0.15) is 0 Å². The average molecular weight is 295 g/mol. The summed E-state index contributed by atoms with van der Waals surface area (Å²) in [6, 6.07) is 8.26. The van der Waals surface area contributed by atoms with Crippen LogP contribution in [0.5, 0.6) is 0 Å². The number of halogens is 1. The fourth-order valence-corrected chi connectivity index (χ4v) is 2.95. The maximum Gasteiger partial charge on any atom is 0.0406 e. The number of rotatable bonds is 4. The van der Waals surface area contributed by atoms with Crippen LogP contribution in [0.3, 0.4) is 0 Å². The van der Waals surface area contributed by atoms with Gasteiger partial charge in [-0.1, -0.05) is 37.6 Å². The van der Waals surface area contributed by atoms with Gasteiger partial charge in [0.1, 0.15) is 0 Å². The summed E-state index contributed by atoms with van der Waals surface area (Å²) < 4.78 is 0. The summed E-state index contributed by atoms with van der Waals surface area (Å²) in [5.41, 5.74) is 1.80. The molecule has 1 N–H and O–H groups in total. The molecule has 2 atom stereocenters. The van der Waals surface area contributed by atoms with Gasteiger partial charge in [0, 0.05) is 35.7 Å². The zero-order chi connectivity index (χ0) is 14.8. The first kappa shape index (κ1) is 15.8. The Kier molecular flexibility index (Phi) is 4.78. The van der Waals surface area contributed by atoms with E-state index in [4.69, 9.17) is 11.6 Å². The van der Waals surface area contributed by atoms with Gasteiger partial charge in [-0.3, -0.25) is 4.90 Å². The summed E-state index contributed by atoms with van der Waals surface area (Å²) in [5, 5.41) is 4.56. The number of hydrogen-bond donors (Lipinski definition) is 1. The second-order valence-electron chi connectivity index (χ2n) is 6.60. The lowest BCUT2D eigenvalue weighted by Crippen LogP contribution is -2.67. The van der Waals surface area contributed by atoms with E-state index in [2.05, 4.69) is 50.0 Å². The minimum absolute atomic E-state index is 0.223. The summed E-state index contributed by atoms with van der Waals surface area (Å²) in [6.07, 6.45) is 2.32. The molecule has 2 unspecified atom stereocenters. The van der Waals surface area contributed by atoms with E-state index in [0.717, 1.165) is 37.5 Å². The van der Waals surface area contributed by atoms with Crippen molar-refractivity contribution in [1.82, 2.24) is 10.2 Å². The first-order valence-corrected chi connectivity index (χ1v) is 8.03. The Labute approximate surface area is 128 Å². The van der Waals surface area contributed by atoms with Gasteiger partial charge in [0.05, 0.1) is 0 Å². The third kappa shape index (κ3) is 3.36. The maximum atomic E-state index is 5.98. The second-order valence-corrected chi connectivity index (χ2v) is 7.04. The van der Waals surface area contributed by atoms with Crippen LogP contribution >= 0.6 is 11.6 Å². The van der Waals surface area contributed by atoms with Crippen molar-refractivity contribution in [2.45, 2.75) is 58.2 Å². The first-order chi connectivity index (χ1) is 9.41. The Morgan fingerprint density at radius 1 is 1.15 bits per heavy atom. The Morgan fingerprint density at radius 2 is 1.80 bits per heavy atom. The van der Waals surface area contributed by atoms with E-state index in [1.54, 1.807) is 0 Å². The summed E-state index contributed by atoms with van der Waals surface area (Å²) in [7, 11) is 0. The lowest BCUT2D eigenvalue weighted by atomic mass is 9.85. The first-order valence-electron chi connectivity index (χ1n) is 7.65. The van der Waals surface area contributed by atoms with Crippen molar-refractivity contribution in [3.8, 4) is 0 Å². The highest BCUT2D eigenvalue weighted by molar-refractivity contribution is 6.30. The highest BCUT2D eigenvalue weighted by Gasteiger charge is 2.40. The third-order valence-electron chi connectivity index (χ3n) is 5.03. The van der Waals surface area contributed by atoms with Crippen LogP contribution in [0, 0.1) is 0 Å². The van der Waals surface area contributed by atoms with Crippen LogP contribution in [0.2, 0.25) is 5.02 Å². The predicted molar refractivity (Wildman–Crippen MR) is 87.3 cm³/mol. The van der Waals surface area contributed by atoms with Gasteiger partial charge in [-0.05, 0) is 44.4 Å². The zero-order valence-corrected chi connectivity index (χ0v) is 13.9. The van der Waals surface area contributed by atoms with Crippen molar-refractivity contribution < 1.29 is 0 Å². The SMILES string of the molecule is CCC1(C)CN(Cc2ccc(Cl)cc2)C(C)(CC)CN1. The lowest BCUT2D eigenvalue weighted by molar-refractivity contribution is 0.0104. The van der Waals surface area contributed by atoms with Crippen molar-refractivity contribution in [1.29, 1.82) is 0 Å². The van der Waals surface area contributed by atoms with Crippen LogP contribution in [0.4, 0.5) is 0 Å². The molecule has 1 aromatic rings. The molecule has 2 nitrogen and oxygen atoms in total. The van der Waals surface area contributed by atoms with E-state index in [0.29, 0.717) is 0 Å². The number of hydrogen-bond acceptors (Lipinski definition) is 2. The summed E-state index contributed by atoms with van der Waals surface area (Å²) in [6.45, 7) is 12.4. The van der Waals surface area contributed by atoms with Crippen molar-refractivity contribution in [2.24, 2.45) is 0 Å². The highest BCUT2D eigenvalue weighted by Crippen LogP contribution is 2.30. The molecule has 2 rings (SSSR count). The Hall–Kier alpha value is -0.570. The highest BCUT2D eigenvalue weighted by atomic mass is 35.5. The normalized spacial score (nSPS) is 31.4. The van der Waals surface area contributed by atoms with Crippen LogP contribution in [-0.2, 0) is 6.54 Å². The number of piperazine rings is 1. The molecule has 0 aliphatic carbocycles. The fraction of sp³-hybridized carbons (Fsp3) is 0.647. The molecule has 1 aliphatic rings. The maximum absolute atomic E-state index is 5.98. The van der Waals surface area contributed by atoms with Crippen LogP contribution in [0.1, 0.15) is 46.1 Å². The fourth-order valence-electron chi connectivity index (χ4n) is 2.83. The van der Waals surface area contributed by atoms with Gasteiger partial charge < -0.3 is 5.32 Å². The van der Waals surface area contributed by atoms with E-state index >= 15 is 0 Å². The van der Waals surface area contributed by atoms with Gasteiger partial charge in [-0.25, -0.2) is 0 Å². The van der Waals surface area contributed by atoms with Crippen molar-refractivity contribution in [2.75, 3.05) is 13.1 Å². The summed E-state index contributed by atoms with van der Waals surface area (Å²) >= 11 is 5.98. The molecule has 3 heteroatoms. The largest absolute Gasteiger partial charge is 0.308 e. The molecule has 1 heterocycles. The monoisotopic (exact) mass is 294 g/mol. The van der Waals surface area contributed by atoms with E-state index < -0.39 is 0 Å². The molecule has 0 spiro atoms. The van der Waals surface area contributed by atoms with Crippen LogP contribution in [-0.4, -0.2) is 29.1 Å². The molecule has 0 aromatic heterocycles. The number of nitrogens with zero attached hydrogens (tertiary/aromatic N) is 1. The van der Waals surface area contributed by atoms with Crippen LogP contribution < -0.4 is 5.32 Å². The van der Waals surface area contributed by atoms with Crippen molar-refractivity contribution in [3.05, 3.63) is 34.9 Å². The zero-order valence-electron chi connectivity index (χ0n) is 13.2. The van der Waals surface area contributed by atoms with Gasteiger partial charge in [0.15, 0.2) is 0 Å². The number of nitrogens with one attached hydrogen (secondary N) is 1. The van der Waals surface area contributed by atoms with Gasteiger partial charge in [-0.15, -0.1) is 0 Å². The van der Waals surface area contributed by atoms with Gasteiger partial charge >= 0.3 is 0 Å². The van der Waals surface area contributed by atoms with E-state index in [-0.39, 0.29) is 11.1 Å². The average Bonchev–Trinajstić information content (AvgIpc) is 2.46. The smallest absolute Gasteiger partial charge is 0.0406 e. The van der Waals surface area contributed by atoms with Crippen molar-refractivity contribution >= 4 is 11.6 Å². The minimum Gasteiger partial charge on any atom is -0.308 e. The molecule has 1 aromatic carbocycles. The summed E-state index contributed by atoms with van der Waals surface area (Å²) in [4.78, 5) is 2.64. The molecule has 0 amide bonds. The molecule has 0 bridgehead atoms. The molecular weight excluding hydrogens is 268 g/mol. The molecular formula is C17H27ClN2. The topological polar surface area (TPSA) is 15.3 Å². The van der Waals surface area contributed by atoms with E-state index in [1.807, 2.05) is 12.1 Å². The van der Waals surface area contributed by atoms with E-state index in [1.165, 1.54) is 5.56 Å². The van der Waals surface area contributed by atoms with Gasteiger partial charge in [0.25, 0.3) is 0 Å². The summed E-state index contributed by atoms with van der Waals surface area (Å²) in [5.74, 6) is 0. The minimum atomic E-state index is 0.223. The molecule has 0 radical (unpaired) electrons. The predicted octanol–water partition coefficient (Wildman–Crippen LogP) is 4.08. The molecule has 112 valence electrons. The Balaban J connectivity index is 2.17. The van der Waals surface area contributed by atoms with Crippen LogP contribution in [0.25, 0.3) is 0 Å². The van der Waals surface area contributed by atoms with Crippen LogP contribution in [0.15, 0.2) is 24.3 Å². The quantitative estimate of drug-likeness (QED) is 0.900. The Morgan fingerprint density at radius 3 is 2.35 bits per heavy atom. The third-order valence-corrected chi connectivity index (χ3v) is 5.28. The molecule has 20 heavy (non-hydrogen) atoms. The van der Waals surface area contributed by atoms with Crippen molar-refractivity contribution in [3.63, 3.8) is 0 Å². The number of benzene rings is 1. The second kappa shape index (κ2) is 6.05. The molecule has 1 fully saturated rings. The van der Waals surface area contributed by atoms with Gasteiger partial charge in [0.2, 0.25) is 0 Å². The van der Waals surface area contributed by atoms with E-state index in [9.17, 15) is 0 Å². The molecule has 1 saturated heterocycles. The Bertz CT molecular complexity index is 445. The standard InChI is InChI=1S/C17H27ClN2/c1-5-16(3)13-20(17(4,6-2)12-19-16)11-14-7-9-15(18)10-8-14/h7-10,19H,5-6,11-13H2,1-4H3. The molecule has 1 aliphatic heterocycles. The lowest BCUT2D eigenvalue weighted by Gasteiger charge is -2.52. The molecule has 0 saturated carbocycles.